The lowest BCUT2D eigenvalue weighted by molar-refractivity contribution is 0.400. The number of hydrogen-bond acceptors (Lipinski definition) is 3. The molecule has 1 aromatic heterocycles. The molecule has 0 fully saturated rings. The van der Waals surface area contributed by atoms with Crippen LogP contribution in [0.5, 0.6) is 0 Å². The molecule has 0 radical (unpaired) electrons. The Bertz CT molecular complexity index is 272. The van der Waals surface area contributed by atoms with Crippen molar-refractivity contribution in [2.75, 3.05) is 6.54 Å². The highest BCUT2D eigenvalue weighted by Crippen LogP contribution is 2.17. The van der Waals surface area contributed by atoms with E-state index in [1.54, 1.807) is 0 Å². The summed E-state index contributed by atoms with van der Waals surface area (Å²) in [5, 5.41) is 0. The normalized spacial score (nSPS) is 11.7. The van der Waals surface area contributed by atoms with Crippen LogP contribution < -0.4 is 5.73 Å². The highest BCUT2D eigenvalue weighted by molar-refractivity contribution is 5.06. The molecule has 78 valence electrons. The van der Waals surface area contributed by atoms with E-state index in [4.69, 9.17) is 5.73 Å². The Balaban J connectivity index is 2.64. The second-order valence-corrected chi connectivity index (χ2v) is 4.78. The molecule has 3 nitrogen and oxygen atoms in total. The van der Waals surface area contributed by atoms with E-state index in [0.717, 1.165) is 24.2 Å². The monoisotopic (exact) mass is 193 g/mol. The summed E-state index contributed by atoms with van der Waals surface area (Å²) >= 11 is 0. The molecule has 1 aromatic rings. The van der Waals surface area contributed by atoms with Crippen LogP contribution in [0.2, 0.25) is 0 Å². The minimum Gasteiger partial charge on any atom is -0.330 e. The standard InChI is InChI=1S/C11H19N3/c1-11(2,3)6-10-13-7-9(4-5-12)8-14-10/h7-8H,4-6,12H2,1-3H3. The lowest BCUT2D eigenvalue weighted by atomic mass is 9.92. The molecule has 0 bridgehead atoms. The van der Waals surface area contributed by atoms with E-state index in [1.807, 2.05) is 12.4 Å². The van der Waals surface area contributed by atoms with Crippen molar-refractivity contribution in [2.45, 2.75) is 33.6 Å². The summed E-state index contributed by atoms with van der Waals surface area (Å²) in [6.45, 7) is 7.21. The topological polar surface area (TPSA) is 51.8 Å². The van der Waals surface area contributed by atoms with E-state index < -0.39 is 0 Å². The molecule has 0 unspecified atom stereocenters. The Morgan fingerprint density at radius 3 is 2.21 bits per heavy atom. The Labute approximate surface area is 85.8 Å². The minimum atomic E-state index is 0.245. The highest BCUT2D eigenvalue weighted by atomic mass is 14.9. The first-order valence-corrected chi connectivity index (χ1v) is 5.01. The second kappa shape index (κ2) is 4.51. The van der Waals surface area contributed by atoms with Crippen LogP contribution in [0.15, 0.2) is 12.4 Å². The predicted molar refractivity (Wildman–Crippen MR) is 57.9 cm³/mol. The van der Waals surface area contributed by atoms with Crippen molar-refractivity contribution in [1.82, 2.24) is 9.97 Å². The molecule has 0 spiro atoms. The zero-order valence-corrected chi connectivity index (χ0v) is 9.25. The summed E-state index contributed by atoms with van der Waals surface area (Å²) in [5.41, 5.74) is 6.81. The maximum absolute atomic E-state index is 5.44. The SMILES string of the molecule is CC(C)(C)Cc1ncc(CCN)cn1. The molecule has 0 aliphatic carbocycles. The third-order valence-corrected chi connectivity index (χ3v) is 1.88. The first-order chi connectivity index (χ1) is 6.51. The summed E-state index contributed by atoms with van der Waals surface area (Å²) < 4.78 is 0. The van der Waals surface area contributed by atoms with E-state index in [0.29, 0.717) is 6.54 Å². The van der Waals surface area contributed by atoms with Gasteiger partial charge in [0, 0.05) is 18.8 Å². The van der Waals surface area contributed by atoms with Gasteiger partial charge in [0.1, 0.15) is 5.82 Å². The van der Waals surface area contributed by atoms with E-state index in [1.165, 1.54) is 0 Å². The van der Waals surface area contributed by atoms with E-state index in [9.17, 15) is 0 Å². The fraction of sp³-hybridized carbons (Fsp3) is 0.636. The van der Waals surface area contributed by atoms with Crippen LogP contribution >= 0.6 is 0 Å². The molecule has 14 heavy (non-hydrogen) atoms. The van der Waals surface area contributed by atoms with E-state index in [-0.39, 0.29) is 5.41 Å². The fourth-order valence-corrected chi connectivity index (χ4v) is 1.24. The Morgan fingerprint density at radius 2 is 1.79 bits per heavy atom. The maximum atomic E-state index is 5.44. The van der Waals surface area contributed by atoms with Gasteiger partial charge in [-0.3, -0.25) is 0 Å². The number of nitrogens with zero attached hydrogens (tertiary/aromatic N) is 2. The van der Waals surface area contributed by atoms with E-state index >= 15 is 0 Å². The van der Waals surface area contributed by atoms with Gasteiger partial charge in [0.15, 0.2) is 0 Å². The molecular formula is C11H19N3. The Kier molecular flexibility index (Phi) is 3.58. The second-order valence-electron chi connectivity index (χ2n) is 4.78. The lowest BCUT2D eigenvalue weighted by Crippen LogP contribution is -2.12. The third kappa shape index (κ3) is 3.83. The summed E-state index contributed by atoms with van der Waals surface area (Å²) in [5.74, 6) is 0.915. The Hall–Kier alpha value is -0.960. The molecule has 1 heterocycles. The zero-order chi connectivity index (χ0) is 10.6. The molecule has 0 aliphatic heterocycles. The number of hydrogen-bond donors (Lipinski definition) is 1. The molecule has 0 saturated heterocycles. The van der Waals surface area contributed by atoms with Gasteiger partial charge in [-0.05, 0) is 23.9 Å². The number of aromatic nitrogens is 2. The van der Waals surface area contributed by atoms with Gasteiger partial charge >= 0.3 is 0 Å². The van der Waals surface area contributed by atoms with Crippen molar-refractivity contribution >= 4 is 0 Å². The number of rotatable bonds is 3. The summed E-state index contributed by atoms with van der Waals surface area (Å²) in [6.07, 6.45) is 5.52. The van der Waals surface area contributed by atoms with Crippen molar-refractivity contribution < 1.29 is 0 Å². The maximum Gasteiger partial charge on any atom is 0.128 e. The van der Waals surface area contributed by atoms with Gasteiger partial charge in [-0.25, -0.2) is 9.97 Å². The third-order valence-electron chi connectivity index (χ3n) is 1.88. The molecule has 0 aliphatic rings. The first kappa shape index (κ1) is 11.1. The largest absolute Gasteiger partial charge is 0.330 e. The minimum absolute atomic E-state index is 0.245. The molecule has 0 atom stereocenters. The number of nitrogens with two attached hydrogens (primary N) is 1. The van der Waals surface area contributed by atoms with Crippen molar-refractivity contribution in [2.24, 2.45) is 11.1 Å². The van der Waals surface area contributed by atoms with Gasteiger partial charge in [0.2, 0.25) is 0 Å². The molecular weight excluding hydrogens is 174 g/mol. The predicted octanol–water partition coefficient (Wildman–Crippen LogP) is 1.57. The smallest absolute Gasteiger partial charge is 0.128 e. The molecule has 2 N–H and O–H groups in total. The molecule has 1 rings (SSSR count). The van der Waals surface area contributed by atoms with Crippen molar-refractivity contribution in [3.8, 4) is 0 Å². The van der Waals surface area contributed by atoms with Crippen LogP contribution in [0.25, 0.3) is 0 Å². The van der Waals surface area contributed by atoms with Gasteiger partial charge in [-0.1, -0.05) is 20.8 Å². The molecule has 0 aromatic carbocycles. The van der Waals surface area contributed by atoms with Crippen molar-refractivity contribution in [3.05, 3.63) is 23.8 Å². The fourth-order valence-electron chi connectivity index (χ4n) is 1.24. The average Bonchev–Trinajstić information content (AvgIpc) is 2.06. The highest BCUT2D eigenvalue weighted by Gasteiger charge is 2.12. The van der Waals surface area contributed by atoms with Crippen LogP contribution in [-0.4, -0.2) is 16.5 Å². The summed E-state index contributed by atoms with van der Waals surface area (Å²) in [6, 6.07) is 0. The average molecular weight is 193 g/mol. The van der Waals surface area contributed by atoms with Crippen LogP contribution in [0.3, 0.4) is 0 Å². The quantitative estimate of drug-likeness (QED) is 0.792. The van der Waals surface area contributed by atoms with Gasteiger partial charge in [-0.2, -0.15) is 0 Å². The van der Waals surface area contributed by atoms with Crippen molar-refractivity contribution in [3.63, 3.8) is 0 Å². The van der Waals surface area contributed by atoms with Crippen molar-refractivity contribution in [1.29, 1.82) is 0 Å². The summed E-state index contributed by atoms with van der Waals surface area (Å²) in [7, 11) is 0. The van der Waals surface area contributed by atoms with Gasteiger partial charge in [0.05, 0.1) is 0 Å². The van der Waals surface area contributed by atoms with Crippen LogP contribution in [0.4, 0.5) is 0 Å². The molecule has 0 saturated carbocycles. The van der Waals surface area contributed by atoms with Gasteiger partial charge < -0.3 is 5.73 Å². The Morgan fingerprint density at radius 1 is 1.21 bits per heavy atom. The molecule has 3 heteroatoms. The van der Waals surface area contributed by atoms with E-state index in [2.05, 4.69) is 30.7 Å². The summed E-state index contributed by atoms with van der Waals surface area (Å²) in [4.78, 5) is 8.63. The van der Waals surface area contributed by atoms with Crippen LogP contribution in [0, 0.1) is 5.41 Å². The zero-order valence-electron chi connectivity index (χ0n) is 9.25. The van der Waals surface area contributed by atoms with Crippen LogP contribution in [0.1, 0.15) is 32.2 Å². The van der Waals surface area contributed by atoms with Gasteiger partial charge in [-0.15, -0.1) is 0 Å². The lowest BCUT2D eigenvalue weighted by Gasteiger charge is -2.16. The van der Waals surface area contributed by atoms with Crippen LogP contribution in [-0.2, 0) is 12.8 Å². The molecule has 0 amide bonds. The first-order valence-electron chi connectivity index (χ1n) is 5.01. The van der Waals surface area contributed by atoms with Gasteiger partial charge in [0.25, 0.3) is 0 Å².